The second-order valence-electron chi connectivity index (χ2n) is 11.5. The van der Waals surface area contributed by atoms with Crippen molar-refractivity contribution in [1.29, 1.82) is 0 Å². The fourth-order valence-electron chi connectivity index (χ4n) is 6.62. The van der Waals surface area contributed by atoms with Gasteiger partial charge in [0.25, 0.3) is 0 Å². The Bertz CT molecular complexity index is 3450. The maximum atomic E-state index is 9.18. The minimum Gasteiger partial charge on any atom is -0.456 e. The lowest BCUT2D eigenvalue weighted by Crippen LogP contribution is -1.90. The number of fused-ring (bicyclic) bond motifs is 6. The van der Waals surface area contributed by atoms with Crippen molar-refractivity contribution < 1.29 is 26.7 Å². The van der Waals surface area contributed by atoms with Gasteiger partial charge < -0.3 is 8.83 Å². The van der Waals surface area contributed by atoms with Gasteiger partial charge >= 0.3 is 0 Å². The molecule has 0 saturated carbocycles. The molecule has 0 spiro atoms. The van der Waals surface area contributed by atoms with Crippen molar-refractivity contribution in [2.75, 3.05) is 0 Å². The molecule has 2 heteroatoms. The molecule has 48 heavy (non-hydrogen) atoms. The number of furan rings is 2. The van der Waals surface area contributed by atoms with Crippen molar-refractivity contribution in [3.63, 3.8) is 0 Å². The summed E-state index contributed by atoms with van der Waals surface area (Å²) in [7, 11) is 0. The van der Waals surface area contributed by atoms with E-state index in [1.54, 1.807) is 54.6 Å². The highest BCUT2D eigenvalue weighted by molar-refractivity contribution is 6.21. The predicted octanol–water partition coefficient (Wildman–Crippen LogP) is 13.3. The van der Waals surface area contributed by atoms with Gasteiger partial charge in [0, 0.05) is 27.8 Å². The van der Waals surface area contributed by atoms with E-state index in [-0.39, 0.29) is 74.7 Å². The summed E-state index contributed by atoms with van der Waals surface area (Å²) in [6.45, 7) is 0. The molecule has 0 N–H and O–H groups in total. The summed E-state index contributed by atoms with van der Waals surface area (Å²) in [5, 5.41) is 2.76. The van der Waals surface area contributed by atoms with E-state index in [0.717, 1.165) is 21.9 Å². The molecule has 0 aliphatic rings. The molecule has 8 aromatic carbocycles. The molecule has 2 aromatic heterocycles. The predicted molar refractivity (Wildman–Crippen MR) is 200 cm³/mol. The molecule has 0 unspecified atom stereocenters. The fourth-order valence-corrected chi connectivity index (χ4v) is 6.62. The Labute approximate surface area is 295 Å². The number of hydrogen-bond acceptors (Lipinski definition) is 2. The summed E-state index contributed by atoms with van der Waals surface area (Å²) >= 11 is 0. The summed E-state index contributed by atoms with van der Waals surface area (Å²) in [5.41, 5.74) is 4.68. The van der Waals surface area contributed by atoms with Gasteiger partial charge in [-0.1, -0.05) is 139 Å². The van der Waals surface area contributed by atoms with Crippen molar-refractivity contribution in [3.05, 3.63) is 170 Å². The first-order valence-electron chi connectivity index (χ1n) is 21.8. The van der Waals surface area contributed by atoms with Crippen LogP contribution in [-0.4, -0.2) is 0 Å². The second-order valence-corrected chi connectivity index (χ2v) is 11.5. The average molecular weight is 626 g/mol. The van der Waals surface area contributed by atoms with Crippen molar-refractivity contribution in [1.82, 2.24) is 0 Å². The summed E-state index contributed by atoms with van der Waals surface area (Å²) in [6, 6.07) is 21.7. The highest BCUT2D eigenvalue weighted by atomic mass is 16.3. The monoisotopic (exact) mass is 625 g/mol. The van der Waals surface area contributed by atoms with Crippen molar-refractivity contribution in [2.24, 2.45) is 0 Å². The molecule has 0 radical (unpaired) electrons. The summed E-state index contributed by atoms with van der Waals surface area (Å²) < 4.78 is 124. The summed E-state index contributed by atoms with van der Waals surface area (Å²) in [6.07, 6.45) is 0. The quantitative estimate of drug-likeness (QED) is 0.182. The number of rotatable bonds is 4. The minimum absolute atomic E-state index is 0.0386. The SMILES string of the molecule is [2H]c1c([2H])c([2H])c(-c2cc3cc4c(cc3o2)oc2ccc(-c3ccc(-c5c6c([2H])c([2H])c([2H])c([2H])c6c(-c6ccccc6)c6c([2H])c([2H])c([2H])c([2H])c56)cc3)cc24)c([2H])c1[2H]. The normalized spacial score (nSPS) is 15.5. The van der Waals surface area contributed by atoms with Gasteiger partial charge in [0.1, 0.15) is 22.5 Å². The van der Waals surface area contributed by atoms with Gasteiger partial charge in [0.15, 0.2) is 0 Å². The van der Waals surface area contributed by atoms with Gasteiger partial charge in [0.05, 0.1) is 17.8 Å². The highest BCUT2D eigenvalue weighted by Crippen LogP contribution is 2.44. The van der Waals surface area contributed by atoms with Crippen LogP contribution in [0.5, 0.6) is 0 Å². The van der Waals surface area contributed by atoms with E-state index >= 15 is 0 Å². The third-order valence-electron chi connectivity index (χ3n) is 8.80. The van der Waals surface area contributed by atoms with E-state index < -0.39 is 42.3 Å². The molecule has 0 aliphatic heterocycles. The van der Waals surface area contributed by atoms with Crippen molar-refractivity contribution >= 4 is 54.5 Å². The molecule has 10 aromatic rings. The molecule has 0 bridgehead atoms. The van der Waals surface area contributed by atoms with E-state index in [0.29, 0.717) is 38.8 Å². The Morgan fingerprint density at radius 2 is 0.917 bits per heavy atom. The van der Waals surface area contributed by atoms with Crippen LogP contribution in [0, 0.1) is 0 Å². The zero-order valence-electron chi connectivity index (χ0n) is 38.0. The van der Waals surface area contributed by atoms with Gasteiger partial charge in [0.2, 0.25) is 0 Å². The summed E-state index contributed by atoms with van der Waals surface area (Å²) in [5.74, 6) is 0.131. The maximum Gasteiger partial charge on any atom is 0.139 e. The molecule has 0 fully saturated rings. The zero-order chi connectivity index (χ0) is 42.9. The molecule has 0 saturated heterocycles. The van der Waals surface area contributed by atoms with Crippen LogP contribution >= 0.6 is 0 Å². The van der Waals surface area contributed by atoms with Gasteiger partial charge in [-0.25, -0.2) is 0 Å². The van der Waals surface area contributed by atoms with Crippen LogP contribution in [0.25, 0.3) is 99.2 Å². The Morgan fingerprint density at radius 1 is 0.354 bits per heavy atom. The molecule has 224 valence electrons. The molecule has 2 heterocycles. The molecule has 2 nitrogen and oxygen atoms in total. The smallest absolute Gasteiger partial charge is 0.139 e. The zero-order valence-corrected chi connectivity index (χ0v) is 25.0. The fraction of sp³-hybridized carbons (Fsp3) is 0. The van der Waals surface area contributed by atoms with Crippen LogP contribution < -0.4 is 0 Å². The van der Waals surface area contributed by atoms with E-state index in [1.165, 1.54) is 0 Å². The second kappa shape index (κ2) is 10.6. The molecular weight excluding hydrogens is 585 g/mol. The van der Waals surface area contributed by atoms with Crippen molar-refractivity contribution in [3.8, 4) is 44.7 Å². The van der Waals surface area contributed by atoms with Crippen LogP contribution in [0.3, 0.4) is 0 Å². The van der Waals surface area contributed by atoms with E-state index in [9.17, 15) is 2.74 Å². The lowest BCUT2D eigenvalue weighted by Gasteiger charge is -2.18. The number of hydrogen-bond donors (Lipinski definition) is 0. The Hall–Kier alpha value is -6.38. The lowest BCUT2D eigenvalue weighted by atomic mass is 9.86. The van der Waals surface area contributed by atoms with Crippen LogP contribution in [0.15, 0.2) is 178 Å². The van der Waals surface area contributed by atoms with Gasteiger partial charge in [-0.15, -0.1) is 0 Å². The third-order valence-corrected chi connectivity index (χ3v) is 8.80. The largest absolute Gasteiger partial charge is 0.456 e. The maximum absolute atomic E-state index is 9.18. The van der Waals surface area contributed by atoms with Crippen LogP contribution in [0.4, 0.5) is 0 Å². The van der Waals surface area contributed by atoms with E-state index in [4.69, 9.17) is 23.9 Å². The first kappa shape index (κ1) is 17.0. The van der Waals surface area contributed by atoms with Gasteiger partial charge in [-0.05, 0) is 79.2 Å². The summed E-state index contributed by atoms with van der Waals surface area (Å²) in [4.78, 5) is 0. The van der Waals surface area contributed by atoms with Crippen molar-refractivity contribution in [2.45, 2.75) is 0 Å². The molecular formula is C46H28O2. The van der Waals surface area contributed by atoms with E-state index in [2.05, 4.69) is 0 Å². The highest BCUT2D eigenvalue weighted by Gasteiger charge is 2.17. The van der Waals surface area contributed by atoms with Crippen LogP contribution in [0.2, 0.25) is 0 Å². The Kier molecular flexibility index (Phi) is 3.74. The topological polar surface area (TPSA) is 26.3 Å². The average Bonchev–Trinajstić information content (AvgIpc) is 3.85. The third kappa shape index (κ3) is 4.20. The first-order valence-corrected chi connectivity index (χ1v) is 15.3. The molecule has 0 amide bonds. The lowest BCUT2D eigenvalue weighted by molar-refractivity contribution is 0.628. The molecule has 0 aliphatic carbocycles. The Morgan fingerprint density at radius 3 is 1.58 bits per heavy atom. The molecule has 10 rings (SSSR count). The Balaban J connectivity index is 1.15. The standard InChI is InChI=1S/C46H28O2/c1-3-11-30(12-4-1)42-27-34-26-40-39-25-33(23-24-41(39)47-44(40)28-43(34)48-42)29-19-21-32(22-20-29)46-37-17-9-7-15-35(37)45(31-13-5-2-6-14-31)36-16-8-10-18-38(36)46/h1-28H/i1D,3D,4D,7D,8D,9D,10D,11D,12D,15D,16D,17D,18D. The molecule has 0 atom stereocenters. The minimum atomic E-state index is -0.490. The van der Waals surface area contributed by atoms with Gasteiger partial charge in [-0.3, -0.25) is 0 Å². The van der Waals surface area contributed by atoms with Crippen LogP contribution in [-0.2, 0) is 0 Å². The van der Waals surface area contributed by atoms with Crippen LogP contribution in [0.1, 0.15) is 17.8 Å². The number of benzene rings is 8. The van der Waals surface area contributed by atoms with E-state index in [1.807, 2.05) is 36.4 Å². The van der Waals surface area contributed by atoms with Gasteiger partial charge in [-0.2, -0.15) is 0 Å². The first-order chi connectivity index (χ1) is 29.2.